The smallest absolute Gasteiger partial charge is 0.258 e. The number of ether oxygens (including phenoxy) is 1. The van der Waals surface area contributed by atoms with Gasteiger partial charge in [0.15, 0.2) is 5.58 Å². The summed E-state index contributed by atoms with van der Waals surface area (Å²) < 4.78 is 11.3. The van der Waals surface area contributed by atoms with Gasteiger partial charge in [-0.05, 0) is 92.0 Å². The van der Waals surface area contributed by atoms with Crippen LogP contribution in [0.4, 0.5) is 5.82 Å². The van der Waals surface area contributed by atoms with E-state index in [4.69, 9.17) is 9.15 Å². The molecule has 0 aliphatic heterocycles. The zero-order valence-corrected chi connectivity index (χ0v) is 17.8. The Labute approximate surface area is 168 Å². The van der Waals surface area contributed by atoms with E-state index in [1.54, 1.807) is 6.20 Å². The molecule has 22 heavy (non-hydrogen) atoms. The third-order valence-electron chi connectivity index (χ3n) is 2.86. The third kappa shape index (κ3) is 3.93. The highest BCUT2D eigenvalue weighted by Gasteiger charge is 2.19. The lowest BCUT2D eigenvalue weighted by atomic mass is 10.3. The van der Waals surface area contributed by atoms with E-state index in [1.165, 1.54) is 0 Å². The van der Waals surface area contributed by atoms with Gasteiger partial charge in [0, 0.05) is 19.3 Å². The van der Waals surface area contributed by atoms with Crippen LogP contribution in [0.1, 0.15) is 0 Å². The Morgan fingerprint density at radius 1 is 1.18 bits per heavy atom. The van der Waals surface area contributed by atoms with Gasteiger partial charge in [0.05, 0.1) is 5.56 Å². The summed E-state index contributed by atoms with van der Waals surface area (Å²) >= 11 is 6.65. The lowest BCUT2D eigenvalue weighted by Gasteiger charge is -2.14. The van der Waals surface area contributed by atoms with Crippen molar-refractivity contribution >= 4 is 84.7 Å². The van der Waals surface area contributed by atoms with E-state index in [-0.39, 0.29) is -0.379 Å². The van der Waals surface area contributed by atoms with Gasteiger partial charge in [-0.1, -0.05) is 0 Å². The van der Waals surface area contributed by atoms with Gasteiger partial charge in [0.2, 0.25) is 5.89 Å². The standard InChI is InChI=1S/C14H10I3N3O2/c1-18-12-5-2-8(7-19-12)13-20-10-4-3-9(6-11(10)21-13)22-14(15,16)17/h2-7H,1H3,(H,18,19). The predicted molar refractivity (Wildman–Crippen MR) is 112 cm³/mol. The van der Waals surface area contributed by atoms with Crippen molar-refractivity contribution in [3.05, 3.63) is 36.5 Å². The maximum atomic E-state index is 5.82. The summed E-state index contributed by atoms with van der Waals surface area (Å²) in [5.41, 5.74) is 2.32. The average molecular weight is 633 g/mol. The second-order valence-corrected chi connectivity index (χ2v) is 15.1. The highest BCUT2D eigenvalue weighted by atomic mass is 127. The number of fused-ring (bicyclic) bond motifs is 1. The summed E-state index contributed by atoms with van der Waals surface area (Å²) in [6.45, 7) is 0. The molecular weight excluding hydrogens is 623 g/mol. The molecular formula is C14H10I3N3O2. The number of aromatic nitrogens is 2. The van der Waals surface area contributed by atoms with Crippen molar-refractivity contribution in [3.8, 4) is 17.2 Å². The quantitative estimate of drug-likeness (QED) is 0.316. The van der Waals surface area contributed by atoms with Crippen LogP contribution < -0.4 is 10.1 Å². The fourth-order valence-electron chi connectivity index (χ4n) is 1.89. The molecule has 0 radical (unpaired) electrons. The molecule has 5 nitrogen and oxygen atoms in total. The number of pyridine rings is 1. The number of hydrogen-bond acceptors (Lipinski definition) is 5. The van der Waals surface area contributed by atoms with Gasteiger partial charge >= 0.3 is 0 Å². The summed E-state index contributed by atoms with van der Waals surface area (Å²) in [4.78, 5) is 8.76. The summed E-state index contributed by atoms with van der Waals surface area (Å²) in [5.74, 6) is 2.10. The Hall–Kier alpha value is -0.370. The molecule has 114 valence electrons. The first-order chi connectivity index (χ1) is 10.4. The lowest BCUT2D eigenvalue weighted by Crippen LogP contribution is -2.09. The van der Waals surface area contributed by atoms with E-state index in [0.29, 0.717) is 11.5 Å². The van der Waals surface area contributed by atoms with E-state index in [9.17, 15) is 0 Å². The van der Waals surface area contributed by atoms with Gasteiger partial charge in [0.1, 0.15) is 17.1 Å². The Morgan fingerprint density at radius 3 is 2.64 bits per heavy atom. The van der Waals surface area contributed by atoms with Gasteiger partial charge in [-0.25, -0.2) is 9.97 Å². The second-order valence-electron chi connectivity index (χ2n) is 4.38. The average Bonchev–Trinajstić information content (AvgIpc) is 2.89. The number of benzene rings is 1. The van der Waals surface area contributed by atoms with E-state index < -0.39 is 0 Å². The van der Waals surface area contributed by atoms with Crippen LogP contribution in [0.3, 0.4) is 0 Å². The first-order valence-electron chi connectivity index (χ1n) is 6.25. The summed E-state index contributed by atoms with van der Waals surface area (Å²) in [7, 11) is 1.83. The number of halogens is 3. The summed E-state index contributed by atoms with van der Waals surface area (Å²) in [5, 5.41) is 2.98. The van der Waals surface area contributed by atoms with Crippen LogP contribution in [-0.2, 0) is 0 Å². The van der Waals surface area contributed by atoms with E-state index in [1.807, 2.05) is 37.4 Å². The largest absolute Gasteiger partial charge is 0.459 e. The first kappa shape index (κ1) is 16.5. The van der Waals surface area contributed by atoms with Gasteiger partial charge in [-0.15, -0.1) is 0 Å². The molecule has 0 atom stereocenters. The van der Waals surface area contributed by atoms with Crippen molar-refractivity contribution < 1.29 is 9.15 Å². The van der Waals surface area contributed by atoms with Gasteiger partial charge in [-0.2, -0.15) is 0 Å². The fourth-order valence-corrected chi connectivity index (χ4v) is 2.66. The number of nitrogens with one attached hydrogen (secondary N) is 1. The van der Waals surface area contributed by atoms with E-state index >= 15 is 0 Å². The van der Waals surface area contributed by atoms with Crippen molar-refractivity contribution in [2.75, 3.05) is 12.4 Å². The Balaban J connectivity index is 1.95. The molecule has 0 bridgehead atoms. The highest BCUT2D eigenvalue weighted by molar-refractivity contribution is 14.3. The number of alkyl halides is 3. The van der Waals surface area contributed by atoms with Crippen LogP contribution >= 0.6 is 67.8 Å². The molecule has 0 aliphatic rings. The van der Waals surface area contributed by atoms with Crippen LogP contribution in [0, 0.1) is 0 Å². The Morgan fingerprint density at radius 2 is 2.00 bits per heavy atom. The third-order valence-corrected chi connectivity index (χ3v) is 3.52. The van der Waals surface area contributed by atoms with Crippen molar-refractivity contribution in [1.82, 2.24) is 9.97 Å². The molecule has 3 rings (SSSR count). The summed E-state index contributed by atoms with van der Waals surface area (Å²) in [6, 6.07) is 9.44. The topological polar surface area (TPSA) is 60.2 Å². The minimum absolute atomic E-state index is 0.337. The minimum Gasteiger partial charge on any atom is -0.459 e. The molecule has 0 saturated carbocycles. The van der Waals surface area contributed by atoms with Crippen LogP contribution in [0.25, 0.3) is 22.6 Å². The van der Waals surface area contributed by atoms with Crippen molar-refractivity contribution in [1.29, 1.82) is 0 Å². The molecule has 2 heterocycles. The normalized spacial score (nSPS) is 11.6. The molecule has 0 aliphatic carbocycles. The van der Waals surface area contributed by atoms with Crippen LogP contribution in [0.2, 0.25) is 0 Å². The zero-order valence-electron chi connectivity index (χ0n) is 11.3. The maximum absolute atomic E-state index is 5.82. The van der Waals surface area contributed by atoms with E-state index in [2.05, 4.69) is 83.1 Å². The minimum atomic E-state index is -0.337. The number of oxazole rings is 1. The van der Waals surface area contributed by atoms with Crippen LogP contribution in [0.5, 0.6) is 5.75 Å². The molecule has 8 heteroatoms. The summed E-state index contributed by atoms with van der Waals surface area (Å²) in [6.07, 6.45) is 1.74. The molecule has 0 fully saturated rings. The molecule has 2 aromatic heterocycles. The van der Waals surface area contributed by atoms with Gasteiger partial charge in [-0.3, -0.25) is 0 Å². The monoisotopic (exact) mass is 633 g/mol. The van der Waals surface area contributed by atoms with Crippen LogP contribution in [-0.4, -0.2) is 16.6 Å². The lowest BCUT2D eigenvalue weighted by molar-refractivity contribution is 0.378. The van der Waals surface area contributed by atoms with Gasteiger partial charge in [0.25, 0.3) is -0.379 Å². The van der Waals surface area contributed by atoms with Crippen molar-refractivity contribution in [2.24, 2.45) is 0 Å². The van der Waals surface area contributed by atoms with Gasteiger partial charge < -0.3 is 14.5 Å². The molecule has 1 N–H and O–H groups in total. The number of anilines is 1. The van der Waals surface area contributed by atoms with E-state index in [0.717, 1.165) is 22.6 Å². The zero-order chi connectivity index (χ0) is 15.7. The molecule has 3 aromatic rings. The number of nitrogens with zero attached hydrogens (tertiary/aromatic N) is 2. The van der Waals surface area contributed by atoms with Crippen molar-refractivity contribution in [2.45, 2.75) is -0.379 Å². The molecule has 0 saturated heterocycles. The SMILES string of the molecule is CNc1ccc(-c2nc3ccc(OC(I)(I)I)cc3o2)cn1. The number of hydrogen-bond donors (Lipinski definition) is 1. The van der Waals surface area contributed by atoms with Crippen molar-refractivity contribution in [3.63, 3.8) is 0 Å². The predicted octanol–water partition coefficient (Wildman–Crippen LogP) is 5.23. The second kappa shape index (κ2) is 6.63. The molecule has 0 unspecified atom stereocenters. The first-order valence-corrected chi connectivity index (χ1v) is 9.49. The number of rotatable bonds is 4. The fraction of sp³-hybridized carbons (Fsp3) is 0.143. The Bertz CT molecular complexity index is 797. The maximum Gasteiger partial charge on any atom is 0.258 e. The molecule has 1 aromatic carbocycles. The molecule has 0 spiro atoms. The Kier molecular flexibility index (Phi) is 4.97. The van der Waals surface area contributed by atoms with Crippen LogP contribution in [0.15, 0.2) is 40.9 Å². The highest BCUT2D eigenvalue weighted by Crippen LogP contribution is 2.38. The molecule has 0 amide bonds.